The van der Waals surface area contributed by atoms with Crippen LogP contribution in [-0.4, -0.2) is 9.97 Å². The molecule has 0 unspecified atom stereocenters. The minimum Gasteiger partial charge on any atom is -0.238 e. The lowest BCUT2D eigenvalue weighted by molar-refractivity contribution is 0.302. The molecule has 0 spiro atoms. The van der Waals surface area contributed by atoms with Gasteiger partial charge in [-0.05, 0) is 45.4 Å². The molecule has 18 heavy (non-hydrogen) atoms. The molecule has 0 atom stereocenters. The van der Waals surface area contributed by atoms with E-state index in [9.17, 15) is 0 Å². The second kappa shape index (κ2) is 6.01. The van der Waals surface area contributed by atoms with Crippen LogP contribution in [0.5, 0.6) is 0 Å². The monoisotopic (exact) mass is 266 g/mol. The van der Waals surface area contributed by atoms with E-state index in [1.807, 2.05) is 13.8 Å². The third kappa shape index (κ3) is 3.03. The van der Waals surface area contributed by atoms with Crippen molar-refractivity contribution in [3.8, 4) is 0 Å². The molecule has 0 bridgehead atoms. The van der Waals surface area contributed by atoms with Crippen molar-refractivity contribution in [1.82, 2.24) is 9.97 Å². The Kier molecular flexibility index (Phi) is 4.60. The van der Waals surface area contributed by atoms with Gasteiger partial charge in [-0.15, -0.1) is 0 Å². The first-order valence-corrected chi connectivity index (χ1v) is 7.50. The zero-order valence-corrected chi connectivity index (χ0v) is 12.4. The molecule has 100 valence electrons. The lowest BCUT2D eigenvalue weighted by Gasteiger charge is -2.27. The van der Waals surface area contributed by atoms with Gasteiger partial charge in [-0.3, -0.25) is 0 Å². The number of aromatic nitrogens is 2. The fourth-order valence-corrected chi connectivity index (χ4v) is 3.14. The molecule has 1 aliphatic rings. The first kappa shape index (κ1) is 13.8. The van der Waals surface area contributed by atoms with Crippen molar-refractivity contribution in [2.24, 2.45) is 5.92 Å². The van der Waals surface area contributed by atoms with E-state index in [2.05, 4.69) is 16.9 Å². The van der Waals surface area contributed by atoms with Crippen LogP contribution in [0.4, 0.5) is 0 Å². The number of nitrogens with zero attached hydrogens (tertiary/aromatic N) is 2. The average molecular weight is 267 g/mol. The van der Waals surface area contributed by atoms with E-state index in [1.165, 1.54) is 38.5 Å². The van der Waals surface area contributed by atoms with E-state index < -0.39 is 0 Å². The summed E-state index contributed by atoms with van der Waals surface area (Å²) in [5, 5.41) is 0.633. The van der Waals surface area contributed by atoms with Gasteiger partial charge in [0.15, 0.2) is 0 Å². The van der Waals surface area contributed by atoms with Gasteiger partial charge in [-0.2, -0.15) is 0 Å². The Morgan fingerprint density at radius 3 is 2.33 bits per heavy atom. The molecule has 1 saturated carbocycles. The zero-order chi connectivity index (χ0) is 13.1. The zero-order valence-electron chi connectivity index (χ0n) is 11.7. The molecule has 0 N–H and O–H groups in total. The summed E-state index contributed by atoms with van der Waals surface area (Å²) in [7, 11) is 0. The van der Waals surface area contributed by atoms with Crippen LogP contribution >= 0.6 is 11.6 Å². The van der Waals surface area contributed by atoms with E-state index in [-0.39, 0.29) is 0 Å². The molecule has 0 saturated heterocycles. The maximum Gasteiger partial charge on any atom is 0.135 e. The quantitative estimate of drug-likeness (QED) is 0.733. The van der Waals surface area contributed by atoms with Gasteiger partial charge in [0.05, 0.1) is 0 Å². The number of hydrogen-bond acceptors (Lipinski definition) is 2. The molecular weight excluding hydrogens is 244 g/mol. The highest BCUT2D eigenvalue weighted by atomic mass is 35.5. The van der Waals surface area contributed by atoms with Crippen molar-refractivity contribution in [3.63, 3.8) is 0 Å². The Morgan fingerprint density at radius 2 is 1.78 bits per heavy atom. The van der Waals surface area contributed by atoms with Gasteiger partial charge < -0.3 is 0 Å². The van der Waals surface area contributed by atoms with Crippen LogP contribution in [0, 0.1) is 19.8 Å². The van der Waals surface area contributed by atoms with Gasteiger partial charge in [0, 0.05) is 17.2 Å². The van der Waals surface area contributed by atoms with Crippen molar-refractivity contribution < 1.29 is 0 Å². The summed E-state index contributed by atoms with van der Waals surface area (Å²) in [5.74, 6) is 2.42. The summed E-state index contributed by atoms with van der Waals surface area (Å²) in [6.45, 7) is 6.28. The topological polar surface area (TPSA) is 25.8 Å². The van der Waals surface area contributed by atoms with Crippen LogP contribution in [0.1, 0.15) is 68.4 Å². The fraction of sp³-hybridized carbons (Fsp3) is 0.733. The molecular formula is C15H23ClN2. The molecule has 1 aromatic rings. The van der Waals surface area contributed by atoms with E-state index in [4.69, 9.17) is 11.6 Å². The van der Waals surface area contributed by atoms with Gasteiger partial charge in [0.2, 0.25) is 0 Å². The van der Waals surface area contributed by atoms with Crippen LogP contribution < -0.4 is 0 Å². The number of rotatable bonds is 3. The van der Waals surface area contributed by atoms with E-state index >= 15 is 0 Å². The molecule has 3 heteroatoms. The van der Waals surface area contributed by atoms with Gasteiger partial charge in [0.25, 0.3) is 0 Å². The predicted octanol–water partition coefficient (Wildman–Crippen LogP) is 4.82. The van der Waals surface area contributed by atoms with Crippen LogP contribution in [0.3, 0.4) is 0 Å². The molecule has 1 aliphatic carbocycles. The highest BCUT2D eigenvalue weighted by molar-refractivity contribution is 6.30. The van der Waals surface area contributed by atoms with Crippen molar-refractivity contribution in [1.29, 1.82) is 0 Å². The first-order valence-electron chi connectivity index (χ1n) is 7.12. The molecule has 1 fully saturated rings. The fourth-order valence-electron chi connectivity index (χ4n) is 2.91. The molecule has 1 aromatic heterocycles. The smallest absolute Gasteiger partial charge is 0.135 e. The Hall–Kier alpha value is -0.630. The van der Waals surface area contributed by atoms with E-state index in [0.29, 0.717) is 11.1 Å². The van der Waals surface area contributed by atoms with Crippen LogP contribution in [0.2, 0.25) is 5.15 Å². The second-order valence-electron chi connectivity index (χ2n) is 5.59. The minimum atomic E-state index is 0.523. The normalized spacial score (nSPS) is 24.2. The van der Waals surface area contributed by atoms with Crippen molar-refractivity contribution in [2.45, 2.75) is 65.2 Å². The van der Waals surface area contributed by atoms with Gasteiger partial charge in [-0.1, -0.05) is 31.4 Å². The maximum atomic E-state index is 6.17. The molecule has 2 nitrogen and oxygen atoms in total. The van der Waals surface area contributed by atoms with Crippen LogP contribution in [0.25, 0.3) is 0 Å². The summed E-state index contributed by atoms with van der Waals surface area (Å²) < 4.78 is 0. The first-order chi connectivity index (χ1) is 8.61. The molecule has 0 radical (unpaired) electrons. The SMILES string of the molecule is CCCC1CCC(c2nc(C)c(C)c(Cl)n2)CC1. The Bertz CT molecular complexity index is 386. The summed E-state index contributed by atoms with van der Waals surface area (Å²) in [5.41, 5.74) is 2.04. The lowest BCUT2D eigenvalue weighted by Crippen LogP contribution is -2.16. The maximum absolute atomic E-state index is 6.17. The minimum absolute atomic E-state index is 0.523. The average Bonchev–Trinajstić information content (AvgIpc) is 2.37. The molecule has 0 aromatic carbocycles. The summed E-state index contributed by atoms with van der Waals surface area (Å²) in [4.78, 5) is 9.12. The van der Waals surface area contributed by atoms with Crippen LogP contribution in [0.15, 0.2) is 0 Å². The number of aryl methyl sites for hydroxylation is 1. The summed E-state index contributed by atoms with van der Waals surface area (Å²) in [6, 6.07) is 0. The highest BCUT2D eigenvalue weighted by Crippen LogP contribution is 2.36. The van der Waals surface area contributed by atoms with Crippen LogP contribution in [-0.2, 0) is 0 Å². The predicted molar refractivity (Wildman–Crippen MR) is 76.1 cm³/mol. The summed E-state index contributed by atoms with van der Waals surface area (Å²) >= 11 is 6.17. The van der Waals surface area contributed by atoms with Crippen molar-refractivity contribution in [2.75, 3.05) is 0 Å². The Labute approximate surface area is 115 Å². The second-order valence-corrected chi connectivity index (χ2v) is 5.95. The van der Waals surface area contributed by atoms with Gasteiger partial charge in [0.1, 0.15) is 11.0 Å². The standard InChI is InChI=1S/C15H23ClN2/c1-4-5-12-6-8-13(9-7-12)15-17-11(3)10(2)14(16)18-15/h12-13H,4-9H2,1-3H3. The van der Waals surface area contributed by atoms with Crippen molar-refractivity contribution >= 4 is 11.6 Å². The third-order valence-corrected chi connectivity index (χ3v) is 4.62. The van der Waals surface area contributed by atoms with Gasteiger partial charge >= 0.3 is 0 Å². The largest absolute Gasteiger partial charge is 0.238 e. The van der Waals surface area contributed by atoms with Crippen molar-refractivity contribution in [3.05, 3.63) is 22.2 Å². The summed E-state index contributed by atoms with van der Waals surface area (Å²) in [6.07, 6.45) is 7.79. The van der Waals surface area contributed by atoms with Gasteiger partial charge in [-0.25, -0.2) is 9.97 Å². The molecule has 1 heterocycles. The number of halogens is 1. The molecule has 0 amide bonds. The lowest BCUT2D eigenvalue weighted by atomic mass is 9.80. The highest BCUT2D eigenvalue weighted by Gasteiger charge is 2.24. The molecule has 0 aliphatic heterocycles. The number of hydrogen-bond donors (Lipinski definition) is 0. The van der Waals surface area contributed by atoms with E-state index in [1.54, 1.807) is 0 Å². The van der Waals surface area contributed by atoms with E-state index in [0.717, 1.165) is 23.0 Å². The Balaban J connectivity index is 2.05. The third-order valence-electron chi connectivity index (χ3n) is 4.26. The Morgan fingerprint density at radius 1 is 1.11 bits per heavy atom. The molecule has 2 rings (SSSR count).